The number of nitriles is 1. The summed E-state index contributed by atoms with van der Waals surface area (Å²) >= 11 is 0. The van der Waals surface area contributed by atoms with Crippen molar-refractivity contribution in [2.24, 2.45) is 0 Å². The molecule has 0 aromatic heterocycles. The number of carboxylic acids is 1. The summed E-state index contributed by atoms with van der Waals surface area (Å²) in [5, 5.41) is 34.1. The number of nitrogens with zero attached hydrogens (tertiary/aromatic N) is 1. The van der Waals surface area contributed by atoms with Crippen molar-refractivity contribution in [1.29, 1.82) is 5.26 Å². The molecule has 0 fully saturated rings. The molecule has 2 aromatic rings. The van der Waals surface area contributed by atoms with Gasteiger partial charge in [0.25, 0.3) is 0 Å². The van der Waals surface area contributed by atoms with Crippen LogP contribution in [0.1, 0.15) is 22.7 Å². The van der Waals surface area contributed by atoms with Gasteiger partial charge in [-0.25, -0.2) is 0 Å². The van der Waals surface area contributed by atoms with Crippen LogP contribution in [0.15, 0.2) is 42.5 Å². The number of hydrogen-bond donors (Lipinski definition) is 2. The van der Waals surface area contributed by atoms with Gasteiger partial charge in [-0.3, -0.25) is 0 Å². The van der Waals surface area contributed by atoms with E-state index >= 15 is 0 Å². The number of aliphatic carboxylic acids is 1. The first-order chi connectivity index (χ1) is 11.7. The van der Waals surface area contributed by atoms with Crippen LogP contribution in [0.4, 0.5) is 5.69 Å². The summed E-state index contributed by atoms with van der Waals surface area (Å²) in [4.78, 5) is 11.7. The lowest BCUT2D eigenvalue weighted by atomic mass is 10.0. The van der Waals surface area contributed by atoms with Crippen molar-refractivity contribution >= 4 is 24.9 Å². The van der Waals surface area contributed by atoms with Gasteiger partial charge in [0, 0.05) is 5.69 Å². The van der Waals surface area contributed by atoms with Gasteiger partial charge in [0.15, 0.2) is 0 Å². The Labute approximate surface area is 148 Å². The van der Waals surface area contributed by atoms with E-state index < -0.39 is 20.1 Å². The van der Waals surface area contributed by atoms with E-state index in [0.29, 0.717) is 22.4 Å². The minimum Gasteiger partial charge on any atom is -0.548 e. The first kappa shape index (κ1) is 18.7. The highest BCUT2D eigenvalue weighted by molar-refractivity contribution is 6.88. The van der Waals surface area contributed by atoms with Crippen molar-refractivity contribution < 1.29 is 15.0 Å². The minimum atomic E-state index is -1.69. The SMILES string of the molecule is C[Si](C)(C)c1cc(CO)cc(C(Nc2ccc(C#N)cc2)C(=O)[O-])c1. The Balaban J connectivity index is 2.42. The maximum atomic E-state index is 11.7. The number of carboxylic acid groups (broad SMARTS) is 1. The van der Waals surface area contributed by atoms with Gasteiger partial charge in [-0.15, -0.1) is 0 Å². The third-order valence-electron chi connectivity index (χ3n) is 3.96. The molecule has 0 saturated carbocycles. The molecule has 130 valence electrons. The zero-order valence-corrected chi connectivity index (χ0v) is 15.5. The zero-order chi connectivity index (χ0) is 18.6. The molecule has 0 spiro atoms. The van der Waals surface area contributed by atoms with Crippen LogP contribution in [0.5, 0.6) is 0 Å². The molecule has 0 heterocycles. The zero-order valence-electron chi connectivity index (χ0n) is 14.5. The topological polar surface area (TPSA) is 96.2 Å². The fourth-order valence-electron chi connectivity index (χ4n) is 2.50. The molecule has 2 N–H and O–H groups in total. The maximum absolute atomic E-state index is 11.7. The number of hydrogen-bond acceptors (Lipinski definition) is 5. The smallest absolute Gasteiger partial charge is 0.0991 e. The van der Waals surface area contributed by atoms with Gasteiger partial charge < -0.3 is 20.3 Å². The number of nitrogens with one attached hydrogen (secondary N) is 1. The Morgan fingerprint density at radius 2 is 1.88 bits per heavy atom. The lowest BCUT2D eigenvalue weighted by Crippen LogP contribution is -2.40. The van der Waals surface area contributed by atoms with Crippen molar-refractivity contribution in [2.75, 3.05) is 5.32 Å². The van der Waals surface area contributed by atoms with E-state index in [0.717, 1.165) is 5.19 Å². The quantitative estimate of drug-likeness (QED) is 0.767. The molecule has 0 saturated heterocycles. The third-order valence-corrected chi connectivity index (χ3v) is 5.98. The van der Waals surface area contributed by atoms with E-state index in [2.05, 4.69) is 25.0 Å². The predicted octanol–water partition coefficient (Wildman–Crippen LogP) is 1.50. The Hall–Kier alpha value is -2.62. The molecular formula is C19H21N2O3Si-. The fourth-order valence-corrected chi connectivity index (χ4v) is 3.71. The second-order valence-corrected chi connectivity index (χ2v) is 12.0. The summed E-state index contributed by atoms with van der Waals surface area (Å²) in [7, 11) is -1.69. The van der Waals surface area contributed by atoms with Crippen LogP contribution >= 0.6 is 0 Å². The molecule has 5 nitrogen and oxygen atoms in total. The number of carbonyl (C=O) groups is 1. The summed E-state index contributed by atoms with van der Waals surface area (Å²) in [5.41, 5.74) is 2.31. The van der Waals surface area contributed by atoms with Gasteiger partial charge in [-0.1, -0.05) is 43.0 Å². The van der Waals surface area contributed by atoms with Crippen LogP contribution in [0.2, 0.25) is 19.6 Å². The predicted molar refractivity (Wildman–Crippen MR) is 97.9 cm³/mol. The van der Waals surface area contributed by atoms with Gasteiger partial charge in [-0.2, -0.15) is 5.26 Å². The molecule has 0 aliphatic heterocycles. The van der Waals surface area contributed by atoms with Crippen molar-refractivity contribution in [2.45, 2.75) is 32.3 Å². The molecular weight excluding hydrogens is 332 g/mol. The van der Waals surface area contributed by atoms with Crippen LogP contribution in [0.25, 0.3) is 0 Å². The van der Waals surface area contributed by atoms with Crippen LogP contribution in [-0.2, 0) is 11.4 Å². The summed E-state index contributed by atoms with van der Waals surface area (Å²) in [6.07, 6.45) is 0. The van der Waals surface area contributed by atoms with Crippen molar-refractivity contribution in [3.05, 3.63) is 59.2 Å². The van der Waals surface area contributed by atoms with Crippen LogP contribution in [0, 0.1) is 11.3 Å². The van der Waals surface area contributed by atoms with Gasteiger partial charge in [0.05, 0.1) is 38.3 Å². The fraction of sp³-hybridized carbons (Fsp3) is 0.263. The standard InChI is InChI=1S/C19H22N2O3Si/c1-25(2,3)17-9-14(12-22)8-15(10-17)18(19(23)24)21-16-6-4-13(11-20)5-7-16/h4-10,18,21-22H,12H2,1-3H3,(H,23,24)/p-1. The average Bonchev–Trinajstić information content (AvgIpc) is 2.58. The molecule has 0 bridgehead atoms. The van der Waals surface area contributed by atoms with Crippen LogP contribution < -0.4 is 15.6 Å². The van der Waals surface area contributed by atoms with Gasteiger partial charge >= 0.3 is 0 Å². The van der Waals surface area contributed by atoms with Gasteiger partial charge in [0.1, 0.15) is 0 Å². The Kier molecular flexibility index (Phi) is 5.62. The highest BCUT2D eigenvalue weighted by Crippen LogP contribution is 2.21. The largest absolute Gasteiger partial charge is 0.548 e. The minimum absolute atomic E-state index is 0.151. The molecule has 1 atom stereocenters. The number of aliphatic hydroxyl groups excluding tert-OH is 1. The average molecular weight is 353 g/mol. The van der Waals surface area contributed by atoms with Crippen molar-refractivity contribution in [1.82, 2.24) is 0 Å². The summed E-state index contributed by atoms with van der Waals surface area (Å²) < 4.78 is 0. The lowest BCUT2D eigenvalue weighted by Gasteiger charge is -2.25. The number of anilines is 1. The molecule has 0 aliphatic carbocycles. The normalized spacial score (nSPS) is 12.3. The molecule has 1 unspecified atom stereocenters. The monoisotopic (exact) mass is 353 g/mol. The summed E-state index contributed by atoms with van der Waals surface area (Å²) in [5.74, 6) is -1.25. The maximum Gasteiger partial charge on any atom is 0.0991 e. The number of rotatable bonds is 6. The van der Waals surface area contributed by atoms with Gasteiger partial charge in [-0.05, 0) is 35.4 Å². The molecule has 6 heteroatoms. The van der Waals surface area contributed by atoms with Crippen LogP contribution in [0.3, 0.4) is 0 Å². The third kappa shape index (κ3) is 4.69. The van der Waals surface area contributed by atoms with E-state index in [9.17, 15) is 15.0 Å². The van der Waals surface area contributed by atoms with E-state index in [-0.39, 0.29) is 6.61 Å². The van der Waals surface area contributed by atoms with E-state index in [4.69, 9.17) is 5.26 Å². The first-order valence-electron chi connectivity index (χ1n) is 7.97. The summed E-state index contributed by atoms with van der Waals surface area (Å²) in [6, 6.07) is 13.0. The van der Waals surface area contributed by atoms with Crippen molar-refractivity contribution in [3.8, 4) is 6.07 Å². The van der Waals surface area contributed by atoms with Crippen LogP contribution in [-0.4, -0.2) is 19.1 Å². The number of aliphatic hydroxyl groups is 1. The molecule has 0 aliphatic rings. The Morgan fingerprint density at radius 1 is 1.24 bits per heavy atom. The number of carbonyl (C=O) groups excluding carboxylic acids is 1. The Bertz CT molecular complexity index is 805. The Morgan fingerprint density at radius 3 is 2.36 bits per heavy atom. The van der Waals surface area contributed by atoms with E-state index in [1.807, 2.05) is 18.2 Å². The summed E-state index contributed by atoms with van der Waals surface area (Å²) in [6.45, 7) is 6.34. The number of benzene rings is 2. The van der Waals surface area contributed by atoms with Gasteiger partial charge in [0.2, 0.25) is 0 Å². The molecule has 2 rings (SSSR count). The van der Waals surface area contributed by atoms with E-state index in [1.165, 1.54) is 0 Å². The molecule has 25 heavy (non-hydrogen) atoms. The highest BCUT2D eigenvalue weighted by atomic mass is 28.3. The van der Waals surface area contributed by atoms with E-state index in [1.54, 1.807) is 30.3 Å². The highest BCUT2D eigenvalue weighted by Gasteiger charge is 2.21. The lowest BCUT2D eigenvalue weighted by molar-refractivity contribution is -0.307. The molecule has 2 aromatic carbocycles. The first-order valence-corrected chi connectivity index (χ1v) is 11.5. The van der Waals surface area contributed by atoms with Crippen molar-refractivity contribution in [3.63, 3.8) is 0 Å². The second kappa shape index (κ2) is 7.51. The molecule has 0 radical (unpaired) electrons. The molecule has 0 amide bonds. The second-order valence-electron chi connectivity index (χ2n) is 6.96.